The summed E-state index contributed by atoms with van der Waals surface area (Å²) in [6, 6.07) is 5.53. The van der Waals surface area contributed by atoms with E-state index in [9.17, 15) is 9.59 Å². The molecule has 0 saturated carbocycles. The Morgan fingerprint density at radius 3 is 2.63 bits per heavy atom. The lowest BCUT2D eigenvalue weighted by atomic mass is 9.94. The number of benzene rings is 1. The summed E-state index contributed by atoms with van der Waals surface area (Å²) < 4.78 is 1.69. The summed E-state index contributed by atoms with van der Waals surface area (Å²) >= 11 is 6.80. The van der Waals surface area contributed by atoms with Crippen LogP contribution in [0.15, 0.2) is 27.1 Å². The quantitative estimate of drug-likeness (QED) is 0.845. The molecule has 1 aliphatic heterocycles. The number of amides is 2. The second-order valence-corrected chi connectivity index (χ2v) is 6.49. The van der Waals surface area contributed by atoms with Crippen LogP contribution in [-0.4, -0.2) is 23.9 Å². The summed E-state index contributed by atoms with van der Waals surface area (Å²) in [6.07, 6.45) is 0.558. The normalized spacial score (nSPS) is 23.5. The van der Waals surface area contributed by atoms with Crippen LogP contribution in [-0.2, 0) is 9.59 Å². The van der Waals surface area contributed by atoms with Gasteiger partial charge in [-0.15, -0.1) is 0 Å². The van der Waals surface area contributed by atoms with Crippen molar-refractivity contribution in [1.29, 1.82) is 0 Å². The Morgan fingerprint density at radius 1 is 1.37 bits per heavy atom. The molecule has 0 aliphatic carbocycles. The third kappa shape index (κ3) is 2.69. The van der Waals surface area contributed by atoms with E-state index in [0.29, 0.717) is 12.1 Å². The average molecular weight is 390 g/mol. The number of carbonyl (C=O) groups excluding carboxylic acids is 2. The van der Waals surface area contributed by atoms with Crippen LogP contribution in [0, 0.1) is 0 Å². The van der Waals surface area contributed by atoms with Crippen molar-refractivity contribution in [2.75, 3.05) is 11.4 Å². The van der Waals surface area contributed by atoms with E-state index < -0.39 is 5.54 Å². The molecular formula is C13H14Br2N2O2. The van der Waals surface area contributed by atoms with Gasteiger partial charge in [-0.2, -0.15) is 0 Å². The number of anilines is 1. The molecule has 1 heterocycles. The maximum Gasteiger partial charge on any atom is 0.252 e. The Balaban J connectivity index is 2.43. The topological polar surface area (TPSA) is 49.4 Å². The van der Waals surface area contributed by atoms with Crippen molar-refractivity contribution >= 4 is 49.4 Å². The third-order valence-electron chi connectivity index (χ3n) is 3.34. The number of hydrogen-bond donors (Lipinski definition) is 1. The molecule has 1 atom stereocenters. The highest BCUT2D eigenvalue weighted by atomic mass is 79.9. The summed E-state index contributed by atoms with van der Waals surface area (Å²) in [4.78, 5) is 25.9. The molecule has 6 heteroatoms. The van der Waals surface area contributed by atoms with Crippen molar-refractivity contribution in [1.82, 2.24) is 5.32 Å². The highest BCUT2D eigenvalue weighted by molar-refractivity contribution is 9.11. The Hall–Kier alpha value is -0.880. The minimum absolute atomic E-state index is 0.0503. The molecule has 2 rings (SSSR count). The standard InChI is InChI=1S/C13H14Br2N2O2/c1-3-13(2)12(19)17(7-11(18)16-13)10-5-4-8(14)6-9(10)15/h4-6H,3,7H2,1-2H3,(H,16,18). The van der Waals surface area contributed by atoms with Gasteiger partial charge in [-0.05, 0) is 47.5 Å². The van der Waals surface area contributed by atoms with Crippen molar-refractivity contribution in [2.45, 2.75) is 25.8 Å². The number of nitrogens with zero attached hydrogens (tertiary/aromatic N) is 1. The van der Waals surface area contributed by atoms with Crippen molar-refractivity contribution < 1.29 is 9.59 Å². The van der Waals surface area contributed by atoms with Gasteiger partial charge in [-0.3, -0.25) is 14.5 Å². The zero-order valence-corrected chi connectivity index (χ0v) is 13.8. The summed E-state index contributed by atoms with van der Waals surface area (Å²) in [6.45, 7) is 3.69. The summed E-state index contributed by atoms with van der Waals surface area (Å²) in [7, 11) is 0. The van der Waals surface area contributed by atoms with Crippen LogP contribution in [0.5, 0.6) is 0 Å². The van der Waals surface area contributed by atoms with Gasteiger partial charge in [0.2, 0.25) is 5.91 Å². The van der Waals surface area contributed by atoms with Crippen molar-refractivity contribution in [3.05, 3.63) is 27.1 Å². The SMILES string of the molecule is CCC1(C)NC(=O)CN(c2ccc(Br)cc2Br)C1=O. The van der Waals surface area contributed by atoms with Crippen LogP contribution in [0.3, 0.4) is 0 Å². The van der Waals surface area contributed by atoms with E-state index in [1.165, 1.54) is 4.90 Å². The zero-order chi connectivity index (χ0) is 14.2. The van der Waals surface area contributed by atoms with Crippen LogP contribution < -0.4 is 10.2 Å². The highest BCUT2D eigenvalue weighted by Gasteiger charge is 2.42. The molecule has 1 aromatic rings. The largest absolute Gasteiger partial charge is 0.340 e. The molecule has 1 aromatic carbocycles. The van der Waals surface area contributed by atoms with Crippen LogP contribution >= 0.6 is 31.9 Å². The van der Waals surface area contributed by atoms with E-state index >= 15 is 0 Å². The number of halogens is 2. The summed E-state index contributed by atoms with van der Waals surface area (Å²) in [5, 5.41) is 2.77. The molecule has 1 N–H and O–H groups in total. The number of hydrogen-bond acceptors (Lipinski definition) is 2. The van der Waals surface area contributed by atoms with Gasteiger partial charge in [-0.25, -0.2) is 0 Å². The maximum absolute atomic E-state index is 12.5. The lowest BCUT2D eigenvalue weighted by Crippen LogP contribution is -2.65. The predicted molar refractivity (Wildman–Crippen MR) is 81.0 cm³/mol. The smallest absolute Gasteiger partial charge is 0.252 e. The van der Waals surface area contributed by atoms with Gasteiger partial charge in [0.1, 0.15) is 12.1 Å². The number of rotatable bonds is 2. The van der Waals surface area contributed by atoms with Crippen LogP contribution in [0.4, 0.5) is 5.69 Å². The Bertz CT molecular complexity index is 547. The Labute approximate surface area is 128 Å². The van der Waals surface area contributed by atoms with Crippen molar-refractivity contribution in [3.63, 3.8) is 0 Å². The second-order valence-electron chi connectivity index (χ2n) is 4.72. The average Bonchev–Trinajstić information content (AvgIpc) is 2.34. The first kappa shape index (κ1) is 14.5. The minimum Gasteiger partial charge on any atom is -0.340 e. The van der Waals surface area contributed by atoms with E-state index in [0.717, 1.165) is 8.95 Å². The van der Waals surface area contributed by atoms with Gasteiger partial charge in [0.25, 0.3) is 5.91 Å². The third-order valence-corrected chi connectivity index (χ3v) is 4.47. The van der Waals surface area contributed by atoms with E-state index in [4.69, 9.17) is 0 Å². The molecule has 1 aliphatic rings. The lowest BCUT2D eigenvalue weighted by molar-refractivity contribution is -0.135. The first-order valence-electron chi connectivity index (χ1n) is 5.95. The second kappa shape index (κ2) is 5.25. The lowest BCUT2D eigenvalue weighted by Gasteiger charge is -2.39. The van der Waals surface area contributed by atoms with Crippen LogP contribution in [0.25, 0.3) is 0 Å². The fourth-order valence-corrected chi connectivity index (χ4v) is 3.31. The first-order chi connectivity index (χ1) is 8.87. The van der Waals surface area contributed by atoms with Gasteiger partial charge in [0.15, 0.2) is 0 Å². The van der Waals surface area contributed by atoms with Gasteiger partial charge in [0.05, 0.1) is 5.69 Å². The first-order valence-corrected chi connectivity index (χ1v) is 7.54. The molecular weight excluding hydrogens is 376 g/mol. The zero-order valence-electron chi connectivity index (χ0n) is 10.7. The van der Waals surface area contributed by atoms with E-state index in [2.05, 4.69) is 37.2 Å². The Morgan fingerprint density at radius 2 is 2.05 bits per heavy atom. The molecule has 2 amide bonds. The summed E-state index contributed by atoms with van der Waals surface area (Å²) in [5.74, 6) is -0.226. The molecule has 102 valence electrons. The molecule has 1 saturated heterocycles. The predicted octanol–water partition coefficient (Wildman–Crippen LogP) is 2.84. The fraction of sp³-hybridized carbons (Fsp3) is 0.385. The van der Waals surface area contributed by atoms with Crippen LogP contribution in [0.2, 0.25) is 0 Å². The molecule has 0 aromatic heterocycles. The molecule has 0 bridgehead atoms. The number of nitrogens with one attached hydrogen (secondary N) is 1. The molecule has 0 spiro atoms. The van der Waals surface area contributed by atoms with Gasteiger partial charge in [0, 0.05) is 8.95 Å². The monoisotopic (exact) mass is 388 g/mol. The molecule has 1 fully saturated rings. The number of carbonyl (C=O) groups is 2. The van der Waals surface area contributed by atoms with E-state index in [-0.39, 0.29) is 18.4 Å². The molecule has 4 nitrogen and oxygen atoms in total. The molecule has 0 radical (unpaired) electrons. The maximum atomic E-state index is 12.5. The van der Waals surface area contributed by atoms with Gasteiger partial charge >= 0.3 is 0 Å². The highest BCUT2D eigenvalue weighted by Crippen LogP contribution is 2.32. The van der Waals surface area contributed by atoms with Crippen molar-refractivity contribution in [3.8, 4) is 0 Å². The minimum atomic E-state index is -0.832. The van der Waals surface area contributed by atoms with E-state index in [1.807, 2.05) is 25.1 Å². The fourth-order valence-electron chi connectivity index (χ4n) is 2.05. The van der Waals surface area contributed by atoms with Crippen molar-refractivity contribution in [2.24, 2.45) is 0 Å². The van der Waals surface area contributed by atoms with E-state index in [1.54, 1.807) is 6.92 Å². The summed E-state index contributed by atoms with van der Waals surface area (Å²) in [5.41, 5.74) is -0.121. The molecule has 19 heavy (non-hydrogen) atoms. The number of piperazine rings is 1. The van der Waals surface area contributed by atoms with Crippen LogP contribution in [0.1, 0.15) is 20.3 Å². The molecule has 1 unspecified atom stereocenters. The van der Waals surface area contributed by atoms with Gasteiger partial charge < -0.3 is 5.32 Å². The Kier molecular flexibility index (Phi) is 4.01. The van der Waals surface area contributed by atoms with Gasteiger partial charge in [-0.1, -0.05) is 22.9 Å².